The second-order valence-corrected chi connectivity index (χ2v) is 5.01. The van der Waals surface area contributed by atoms with Gasteiger partial charge in [-0.05, 0) is 23.4 Å². The number of carbonyl (C=O) groups excluding carboxylic acids is 1. The fourth-order valence-corrected chi connectivity index (χ4v) is 2.71. The zero-order valence-electron chi connectivity index (χ0n) is 10.8. The van der Waals surface area contributed by atoms with E-state index < -0.39 is 0 Å². The summed E-state index contributed by atoms with van der Waals surface area (Å²) in [5.74, 6) is 0.824. The monoisotopic (exact) mass is 264 g/mol. The minimum atomic E-state index is 0.0462. The van der Waals surface area contributed by atoms with Crippen molar-refractivity contribution >= 4 is 17.2 Å². The molecule has 0 spiro atoms. The van der Waals surface area contributed by atoms with Crippen molar-refractivity contribution in [1.82, 2.24) is 19.7 Å². The lowest BCUT2D eigenvalue weighted by Gasteiger charge is -2.16. The lowest BCUT2D eigenvalue weighted by Crippen LogP contribution is -2.27. The highest BCUT2D eigenvalue weighted by molar-refractivity contribution is 7.12. The number of carbonyl (C=O) groups is 1. The number of aromatic nitrogens is 3. The first-order valence-electron chi connectivity index (χ1n) is 5.78. The van der Waals surface area contributed by atoms with Gasteiger partial charge < -0.3 is 4.90 Å². The van der Waals surface area contributed by atoms with Crippen LogP contribution in [0.5, 0.6) is 0 Å². The van der Waals surface area contributed by atoms with E-state index in [0.29, 0.717) is 6.54 Å². The number of aryl methyl sites for hydroxylation is 2. The highest BCUT2D eigenvalue weighted by atomic mass is 32.1. The maximum absolute atomic E-state index is 12.3. The first-order valence-corrected chi connectivity index (χ1v) is 6.66. The third kappa shape index (κ3) is 2.43. The lowest BCUT2D eigenvalue weighted by molar-refractivity contribution is 0.0784. The first kappa shape index (κ1) is 12.8. The van der Waals surface area contributed by atoms with Gasteiger partial charge in [0.25, 0.3) is 5.91 Å². The minimum absolute atomic E-state index is 0.0462. The molecule has 0 N–H and O–H groups in total. The third-order valence-corrected chi connectivity index (χ3v) is 3.80. The molecule has 18 heavy (non-hydrogen) atoms. The van der Waals surface area contributed by atoms with Crippen LogP contribution in [-0.2, 0) is 20.0 Å². The number of thiophene rings is 1. The molecule has 6 heteroatoms. The summed E-state index contributed by atoms with van der Waals surface area (Å²) in [6.45, 7) is 2.53. The Balaban J connectivity index is 2.12. The Bertz CT molecular complexity index is 546. The summed E-state index contributed by atoms with van der Waals surface area (Å²) < 4.78 is 1.68. The van der Waals surface area contributed by atoms with Crippen LogP contribution in [0, 0.1) is 0 Å². The van der Waals surface area contributed by atoms with E-state index in [1.165, 1.54) is 17.7 Å². The second kappa shape index (κ2) is 5.30. The molecule has 0 aliphatic heterocycles. The minimum Gasteiger partial charge on any atom is -0.333 e. The molecule has 0 fully saturated rings. The molecule has 0 unspecified atom stereocenters. The largest absolute Gasteiger partial charge is 0.333 e. The molecule has 0 bridgehead atoms. The number of amides is 1. The molecule has 2 heterocycles. The topological polar surface area (TPSA) is 51.0 Å². The SMILES string of the molecule is CCc1ccsc1C(=O)N(C)Cc1ncnn1C. The Hall–Kier alpha value is -1.69. The molecule has 0 aromatic carbocycles. The van der Waals surface area contributed by atoms with E-state index in [-0.39, 0.29) is 5.91 Å². The van der Waals surface area contributed by atoms with Crippen LogP contribution in [-0.4, -0.2) is 32.6 Å². The summed E-state index contributed by atoms with van der Waals surface area (Å²) in [7, 11) is 3.61. The van der Waals surface area contributed by atoms with Gasteiger partial charge in [0.15, 0.2) is 0 Å². The van der Waals surface area contributed by atoms with Crippen LogP contribution in [0.2, 0.25) is 0 Å². The number of hydrogen-bond acceptors (Lipinski definition) is 4. The Morgan fingerprint density at radius 2 is 2.33 bits per heavy atom. The highest BCUT2D eigenvalue weighted by Crippen LogP contribution is 2.19. The van der Waals surface area contributed by atoms with Gasteiger partial charge in [-0.3, -0.25) is 9.48 Å². The van der Waals surface area contributed by atoms with Gasteiger partial charge in [0, 0.05) is 14.1 Å². The van der Waals surface area contributed by atoms with E-state index in [1.807, 2.05) is 18.5 Å². The fourth-order valence-electron chi connectivity index (χ4n) is 1.72. The van der Waals surface area contributed by atoms with Gasteiger partial charge in [-0.25, -0.2) is 4.98 Å². The van der Waals surface area contributed by atoms with Gasteiger partial charge >= 0.3 is 0 Å². The fraction of sp³-hybridized carbons (Fsp3) is 0.417. The predicted molar refractivity (Wildman–Crippen MR) is 70.5 cm³/mol. The van der Waals surface area contributed by atoms with Crippen molar-refractivity contribution in [2.45, 2.75) is 19.9 Å². The van der Waals surface area contributed by atoms with Crippen molar-refractivity contribution in [2.24, 2.45) is 7.05 Å². The zero-order chi connectivity index (χ0) is 13.1. The van der Waals surface area contributed by atoms with Crippen LogP contribution in [0.4, 0.5) is 0 Å². The average molecular weight is 264 g/mol. The molecular formula is C12H16N4OS. The van der Waals surface area contributed by atoms with Crippen molar-refractivity contribution in [1.29, 1.82) is 0 Å². The molecule has 2 rings (SSSR count). The van der Waals surface area contributed by atoms with Gasteiger partial charge in [0.1, 0.15) is 12.2 Å². The molecule has 2 aromatic heterocycles. The Morgan fingerprint density at radius 1 is 1.56 bits per heavy atom. The molecule has 1 amide bonds. The first-order chi connectivity index (χ1) is 8.63. The molecule has 0 atom stereocenters. The predicted octanol–water partition coefficient (Wildman–Crippen LogP) is 1.71. The Morgan fingerprint density at radius 3 is 2.94 bits per heavy atom. The van der Waals surface area contributed by atoms with Gasteiger partial charge in [-0.1, -0.05) is 6.92 Å². The highest BCUT2D eigenvalue weighted by Gasteiger charge is 2.17. The van der Waals surface area contributed by atoms with Crippen LogP contribution in [0.15, 0.2) is 17.8 Å². The molecule has 0 saturated heterocycles. The molecule has 0 aliphatic rings. The van der Waals surface area contributed by atoms with Gasteiger partial charge in [0.05, 0.1) is 11.4 Å². The average Bonchev–Trinajstić information content (AvgIpc) is 2.97. The van der Waals surface area contributed by atoms with Crippen molar-refractivity contribution in [3.63, 3.8) is 0 Å². The van der Waals surface area contributed by atoms with E-state index in [4.69, 9.17) is 0 Å². The molecule has 5 nitrogen and oxygen atoms in total. The van der Waals surface area contributed by atoms with Crippen LogP contribution in [0.1, 0.15) is 28.0 Å². The van der Waals surface area contributed by atoms with Crippen LogP contribution >= 0.6 is 11.3 Å². The molecule has 0 radical (unpaired) electrons. The maximum atomic E-state index is 12.3. The molecular weight excluding hydrogens is 248 g/mol. The maximum Gasteiger partial charge on any atom is 0.264 e. The lowest BCUT2D eigenvalue weighted by atomic mass is 10.2. The van der Waals surface area contributed by atoms with Crippen LogP contribution in [0.25, 0.3) is 0 Å². The van der Waals surface area contributed by atoms with E-state index in [1.54, 1.807) is 16.6 Å². The summed E-state index contributed by atoms with van der Waals surface area (Å²) >= 11 is 1.49. The van der Waals surface area contributed by atoms with Crippen molar-refractivity contribution in [2.75, 3.05) is 7.05 Å². The normalized spacial score (nSPS) is 10.6. The van der Waals surface area contributed by atoms with Gasteiger partial charge in [0.2, 0.25) is 0 Å². The quantitative estimate of drug-likeness (QED) is 0.844. The second-order valence-electron chi connectivity index (χ2n) is 4.09. The zero-order valence-corrected chi connectivity index (χ0v) is 11.6. The summed E-state index contributed by atoms with van der Waals surface area (Å²) in [5.41, 5.74) is 1.11. The molecule has 2 aromatic rings. The van der Waals surface area contributed by atoms with Crippen molar-refractivity contribution < 1.29 is 4.79 Å². The Labute approximate surface area is 110 Å². The summed E-state index contributed by atoms with van der Waals surface area (Å²) in [4.78, 5) is 18.9. The Kier molecular flexibility index (Phi) is 3.76. The molecule has 96 valence electrons. The summed E-state index contributed by atoms with van der Waals surface area (Å²) in [6.07, 6.45) is 2.37. The van der Waals surface area contributed by atoms with Crippen LogP contribution in [0.3, 0.4) is 0 Å². The number of nitrogens with zero attached hydrogens (tertiary/aromatic N) is 4. The molecule has 0 saturated carbocycles. The number of hydrogen-bond donors (Lipinski definition) is 0. The summed E-state index contributed by atoms with van der Waals surface area (Å²) in [5, 5.41) is 5.96. The molecule has 0 aliphatic carbocycles. The van der Waals surface area contributed by atoms with E-state index in [2.05, 4.69) is 17.0 Å². The standard InChI is InChI=1S/C12H16N4OS/c1-4-9-5-6-18-11(9)12(17)15(2)7-10-13-8-14-16(10)3/h5-6,8H,4,7H2,1-3H3. The smallest absolute Gasteiger partial charge is 0.264 e. The third-order valence-electron chi connectivity index (χ3n) is 2.85. The van der Waals surface area contributed by atoms with Crippen molar-refractivity contribution in [3.8, 4) is 0 Å². The van der Waals surface area contributed by atoms with E-state index in [9.17, 15) is 4.79 Å². The van der Waals surface area contributed by atoms with Gasteiger partial charge in [-0.15, -0.1) is 11.3 Å². The number of rotatable bonds is 4. The summed E-state index contributed by atoms with van der Waals surface area (Å²) in [6, 6.07) is 2.01. The van der Waals surface area contributed by atoms with E-state index >= 15 is 0 Å². The van der Waals surface area contributed by atoms with E-state index in [0.717, 1.165) is 22.7 Å². The van der Waals surface area contributed by atoms with Crippen LogP contribution < -0.4 is 0 Å². The van der Waals surface area contributed by atoms with Gasteiger partial charge in [-0.2, -0.15) is 5.10 Å². The van der Waals surface area contributed by atoms with Crippen molar-refractivity contribution in [3.05, 3.63) is 34.0 Å².